The van der Waals surface area contributed by atoms with E-state index < -0.39 is 5.82 Å². The molecule has 0 saturated heterocycles. The number of hydrogen-bond donors (Lipinski definition) is 2. The molecule has 1 heterocycles. The van der Waals surface area contributed by atoms with Crippen LogP contribution in [-0.2, 0) is 4.84 Å². The van der Waals surface area contributed by atoms with E-state index in [1.807, 2.05) is 25.1 Å². The number of halogens is 2. The number of hydrogen-bond acceptors (Lipinski definition) is 4. The van der Waals surface area contributed by atoms with Gasteiger partial charge >= 0.3 is 0 Å². The number of anilines is 2. The first kappa shape index (κ1) is 18.2. The van der Waals surface area contributed by atoms with Crippen molar-refractivity contribution < 1.29 is 14.0 Å². The summed E-state index contributed by atoms with van der Waals surface area (Å²) in [4.78, 5) is 25.3. The highest BCUT2D eigenvalue weighted by atomic mass is 127. The van der Waals surface area contributed by atoms with E-state index in [0.717, 1.165) is 27.7 Å². The zero-order valence-electron chi connectivity index (χ0n) is 14.8. The highest BCUT2D eigenvalue weighted by Gasteiger charge is 2.35. The van der Waals surface area contributed by atoms with E-state index in [2.05, 4.69) is 37.9 Å². The summed E-state index contributed by atoms with van der Waals surface area (Å²) in [5.74, 6) is -0.942. The van der Waals surface area contributed by atoms with E-state index in [1.165, 1.54) is 18.5 Å². The first-order chi connectivity index (χ1) is 13.0. The lowest BCUT2D eigenvalue weighted by molar-refractivity contribution is -0.101. The van der Waals surface area contributed by atoms with Gasteiger partial charge in [0.1, 0.15) is 5.52 Å². The SMILES string of the molecule is CON(C(=O)c1cc2[nH]cnc2c(F)c1Nc1ccc(I)cc1C)C1CC1. The Hall–Kier alpha value is -2.20. The number of H-pyrrole nitrogens is 1. The van der Waals surface area contributed by atoms with Crippen molar-refractivity contribution in [2.75, 3.05) is 12.4 Å². The molecule has 0 atom stereocenters. The molecule has 0 bridgehead atoms. The smallest absolute Gasteiger partial charge is 0.279 e. The van der Waals surface area contributed by atoms with Gasteiger partial charge in [0.2, 0.25) is 0 Å². The molecule has 1 fully saturated rings. The standard InChI is InChI=1S/C19H18FIN4O2/c1-10-7-11(21)3-6-14(10)24-17-13(19(26)25(27-2)12-4-5-12)8-15-18(16(17)20)23-9-22-15/h3,6-9,12,24H,4-5H2,1-2H3,(H,22,23). The van der Waals surface area contributed by atoms with Gasteiger partial charge in [-0.1, -0.05) is 0 Å². The Morgan fingerprint density at radius 2 is 2.19 bits per heavy atom. The van der Waals surface area contributed by atoms with Crippen molar-refractivity contribution >= 4 is 50.9 Å². The zero-order chi connectivity index (χ0) is 19.1. The molecule has 0 unspecified atom stereocenters. The number of nitrogens with zero attached hydrogens (tertiary/aromatic N) is 2. The van der Waals surface area contributed by atoms with Gasteiger partial charge in [-0.15, -0.1) is 0 Å². The van der Waals surface area contributed by atoms with Crippen LogP contribution >= 0.6 is 22.6 Å². The summed E-state index contributed by atoms with van der Waals surface area (Å²) in [6.07, 6.45) is 3.18. The molecular formula is C19H18FIN4O2. The number of hydroxylamine groups is 2. The van der Waals surface area contributed by atoms with Crippen molar-refractivity contribution in [2.24, 2.45) is 0 Å². The maximum atomic E-state index is 15.2. The van der Waals surface area contributed by atoms with Gasteiger partial charge in [0.05, 0.1) is 36.2 Å². The zero-order valence-corrected chi connectivity index (χ0v) is 17.0. The van der Waals surface area contributed by atoms with Crippen molar-refractivity contribution in [3.8, 4) is 0 Å². The normalized spacial score (nSPS) is 13.8. The highest BCUT2D eigenvalue weighted by molar-refractivity contribution is 14.1. The Bertz CT molecular complexity index is 1030. The molecule has 0 aliphatic heterocycles. The third-order valence-electron chi connectivity index (χ3n) is 4.61. The van der Waals surface area contributed by atoms with E-state index in [-0.39, 0.29) is 28.7 Å². The lowest BCUT2D eigenvalue weighted by atomic mass is 10.1. The van der Waals surface area contributed by atoms with Crippen molar-refractivity contribution in [2.45, 2.75) is 25.8 Å². The number of aromatic nitrogens is 2. The summed E-state index contributed by atoms with van der Waals surface area (Å²) in [5, 5.41) is 4.42. The van der Waals surface area contributed by atoms with Crippen LogP contribution in [0.3, 0.4) is 0 Å². The van der Waals surface area contributed by atoms with E-state index in [0.29, 0.717) is 5.52 Å². The number of fused-ring (bicyclic) bond motifs is 1. The van der Waals surface area contributed by atoms with Crippen LogP contribution in [0.15, 0.2) is 30.6 Å². The molecule has 1 aliphatic carbocycles. The van der Waals surface area contributed by atoms with Crippen molar-refractivity contribution in [1.82, 2.24) is 15.0 Å². The van der Waals surface area contributed by atoms with Crippen LogP contribution in [0, 0.1) is 16.3 Å². The largest absolute Gasteiger partial charge is 0.352 e. The van der Waals surface area contributed by atoms with Gasteiger partial charge in [-0.3, -0.25) is 9.63 Å². The van der Waals surface area contributed by atoms with Crippen molar-refractivity contribution in [3.05, 3.63) is 51.1 Å². The highest BCUT2D eigenvalue weighted by Crippen LogP contribution is 2.34. The van der Waals surface area contributed by atoms with Gasteiger partial charge in [0, 0.05) is 9.26 Å². The van der Waals surface area contributed by atoms with Crippen molar-refractivity contribution in [1.29, 1.82) is 0 Å². The number of aryl methyl sites for hydroxylation is 1. The second-order valence-corrected chi connectivity index (χ2v) is 7.79. The van der Waals surface area contributed by atoms with Crippen LogP contribution in [0.25, 0.3) is 11.0 Å². The Kier molecular flexibility index (Phi) is 4.77. The fourth-order valence-electron chi connectivity index (χ4n) is 3.06. The van der Waals surface area contributed by atoms with E-state index in [9.17, 15) is 4.79 Å². The van der Waals surface area contributed by atoms with Crippen LogP contribution in [-0.4, -0.2) is 34.1 Å². The average molecular weight is 480 g/mol. The minimum absolute atomic E-state index is 0.0379. The molecule has 1 aliphatic rings. The number of amides is 1. The number of carbonyl (C=O) groups excluding carboxylic acids is 1. The molecule has 2 aromatic carbocycles. The molecule has 8 heteroatoms. The van der Waals surface area contributed by atoms with Crippen LogP contribution in [0.4, 0.5) is 15.8 Å². The molecule has 0 radical (unpaired) electrons. The molecular weight excluding hydrogens is 462 g/mol. The number of imidazole rings is 1. The fourth-order valence-corrected chi connectivity index (χ4v) is 3.71. The summed E-state index contributed by atoms with van der Waals surface area (Å²) in [5.41, 5.74) is 2.64. The van der Waals surface area contributed by atoms with Gasteiger partial charge in [-0.2, -0.15) is 0 Å². The number of carbonyl (C=O) groups is 1. The summed E-state index contributed by atoms with van der Waals surface area (Å²) < 4.78 is 16.3. The van der Waals surface area contributed by atoms with Crippen LogP contribution < -0.4 is 5.32 Å². The monoisotopic (exact) mass is 480 g/mol. The van der Waals surface area contributed by atoms with E-state index in [1.54, 1.807) is 6.07 Å². The Balaban J connectivity index is 1.83. The second kappa shape index (κ2) is 7.08. The predicted octanol–water partition coefficient (Wildman–Crippen LogP) is 4.52. The van der Waals surface area contributed by atoms with Crippen LogP contribution in [0.5, 0.6) is 0 Å². The van der Waals surface area contributed by atoms with Crippen LogP contribution in [0.1, 0.15) is 28.8 Å². The number of benzene rings is 2. The number of rotatable bonds is 5. The molecule has 1 aromatic heterocycles. The third kappa shape index (κ3) is 3.39. The number of nitrogens with one attached hydrogen (secondary N) is 2. The summed E-state index contributed by atoms with van der Waals surface area (Å²) >= 11 is 2.22. The van der Waals surface area contributed by atoms with Gasteiger partial charge in [0.15, 0.2) is 5.82 Å². The molecule has 3 aromatic rings. The fraction of sp³-hybridized carbons (Fsp3) is 0.263. The first-order valence-electron chi connectivity index (χ1n) is 8.56. The second-order valence-electron chi connectivity index (χ2n) is 6.54. The molecule has 27 heavy (non-hydrogen) atoms. The molecule has 1 amide bonds. The maximum absolute atomic E-state index is 15.2. The predicted molar refractivity (Wildman–Crippen MR) is 109 cm³/mol. The van der Waals surface area contributed by atoms with Gasteiger partial charge in [-0.05, 0) is 72.2 Å². The van der Waals surface area contributed by atoms with Gasteiger partial charge < -0.3 is 10.3 Å². The molecule has 6 nitrogen and oxygen atoms in total. The Labute approximate surface area is 169 Å². The van der Waals surface area contributed by atoms with Crippen LogP contribution in [0.2, 0.25) is 0 Å². The lowest BCUT2D eigenvalue weighted by Crippen LogP contribution is -2.32. The minimum Gasteiger partial charge on any atom is -0.352 e. The van der Waals surface area contributed by atoms with Gasteiger partial charge in [0.25, 0.3) is 5.91 Å². The quantitative estimate of drug-likeness (QED) is 0.416. The molecule has 1 saturated carbocycles. The summed E-state index contributed by atoms with van der Waals surface area (Å²) in [6, 6.07) is 7.44. The number of aromatic amines is 1. The Morgan fingerprint density at radius 1 is 1.41 bits per heavy atom. The van der Waals surface area contributed by atoms with Crippen molar-refractivity contribution in [3.63, 3.8) is 0 Å². The maximum Gasteiger partial charge on any atom is 0.279 e. The molecule has 2 N–H and O–H groups in total. The summed E-state index contributed by atoms with van der Waals surface area (Å²) in [7, 11) is 1.46. The first-order valence-corrected chi connectivity index (χ1v) is 9.64. The molecule has 0 spiro atoms. The minimum atomic E-state index is -0.568. The Morgan fingerprint density at radius 3 is 2.85 bits per heavy atom. The topological polar surface area (TPSA) is 70.2 Å². The average Bonchev–Trinajstić information content (AvgIpc) is 3.35. The molecule has 4 rings (SSSR count). The molecule has 140 valence electrons. The van der Waals surface area contributed by atoms with E-state index in [4.69, 9.17) is 4.84 Å². The third-order valence-corrected chi connectivity index (χ3v) is 5.28. The van der Waals surface area contributed by atoms with Gasteiger partial charge in [-0.25, -0.2) is 14.4 Å². The summed E-state index contributed by atoms with van der Waals surface area (Å²) in [6.45, 7) is 1.93. The van der Waals surface area contributed by atoms with E-state index >= 15 is 4.39 Å². The lowest BCUT2D eigenvalue weighted by Gasteiger charge is -2.22.